The molecule has 0 saturated heterocycles. The van der Waals surface area contributed by atoms with Gasteiger partial charge in [-0.25, -0.2) is 9.97 Å². The fourth-order valence-electron chi connectivity index (χ4n) is 0.614. The Balaban J connectivity index is 3.31. The normalized spacial score (nSPS) is 12.9. The van der Waals surface area contributed by atoms with Gasteiger partial charge in [0, 0.05) is 11.8 Å². The van der Waals surface area contributed by atoms with Crippen molar-refractivity contribution in [1.29, 1.82) is 0 Å². The van der Waals surface area contributed by atoms with Crippen molar-refractivity contribution in [3.63, 3.8) is 0 Å². The second kappa shape index (κ2) is 3.37. The van der Waals surface area contributed by atoms with E-state index >= 15 is 0 Å². The Bertz CT molecular complexity index is 319. The van der Waals surface area contributed by atoms with E-state index in [1.165, 1.54) is 6.26 Å². The first kappa shape index (κ1) is 9.41. The molecule has 2 N–H and O–H groups in total. The van der Waals surface area contributed by atoms with Crippen LogP contribution in [0.2, 0.25) is 5.15 Å². The number of hydrogen-bond acceptors (Lipinski definition) is 4. The van der Waals surface area contributed by atoms with Gasteiger partial charge in [0.15, 0.2) is 0 Å². The summed E-state index contributed by atoms with van der Waals surface area (Å²) in [5.41, 5.74) is 6.11. The Hall–Kier alpha value is -0.680. The van der Waals surface area contributed by atoms with Gasteiger partial charge >= 0.3 is 0 Å². The quantitative estimate of drug-likeness (QED) is 0.543. The van der Waals surface area contributed by atoms with Gasteiger partial charge in [0.2, 0.25) is 5.16 Å². The largest absolute Gasteiger partial charge is 0.383 e. The van der Waals surface area contributed by atoms with E-state index in [1.54, 1.807) is 6.92 Å². The van der Waals surface area contributed by atoms with E-state index in [-0.39, 0.29) is 16.1 Å². The van der Waals surface area contributed by atoms with E-state index in [1.807, 2.05) is 0 Å². The molecule has 0 aromatic carbocycles. The highest BCUT2D eigenvalue weighted by Crippen LogP contribution is 2.17. The van der Waals surface area contributed by atoms with Crippen LogP contribution in [-0.4, -0.2) is 20.4 Å². The van der Waals surface area contributed by atoms with Crippen LogP contribution in [0.25, 0.3) is 0 Å². The maximum absolute atomic E-state index is 10.9. The summed E-state index contributed by atoms with van der Waals surface area (Å²) in [5, 5.41) is 0.427. The minimum absolute atomic E-state index is 0.170. The van der Waals surface area contributed by atoms with Crippen LogP contribution in [0, 0.1) is 6.92 Å². The molecule has 12 heavy (non-hydrogen) atoms. The van der Waals surface area contributed by atoms with Crippen molar-refractivity contribution in [2.24, 2.45) is 0 Å². The standard InChI is InChI=1S/C6H8ClN3OS/c1-3-4(7)9-6(12(2)11)10-5(3)8/h1-2H3,(H2,8,9,10). The van der Waals surface area contributed by atoms with Crippen molar-refractivity contribution in [1.82, 2.24) is 9.97 Å². The third-order valence-corrected chi connectivity index (χ3v) is 2.43. The molecule has 1 unspecified atom stereocenters. The fraction of sp³-hybridized carbons (Fsp3) is 0.333. The first-order valence-electron chi connectivity index (χ1n) is 3.15. The lowest BCUT2D eigenvalue weighted by Gasteiger charge is -2.02. The number of halogens is 1. The number of aromatic nitrogens is 2. The van der Waals surface area contributed by atoms with Crippen LogP contribution in [0.5, 0.6) is 0 Å². The van der Waals surface area contributed by atoms with Crippen molar-refractivity contribution >= 4 is 28.2 Å². The third kappa shape index (κ3) is 1.73. The Morgan fingerprint density at radius 2 is 2.08 bits per heavy atom. The van der Waals surface area contributed by atoms with E-state index < -0.39 is 10.8 Å². The number of rotatable bonds is 1. The molecule has 6 heteroatoms. The zero-order valence-corrected chi connectivity index (χ0v) is 8.24. The summed E-state index contributed by atoms with van der Waals surface area (Å²) in [6.07, 6.45) is 1.47. The molecule has 1 atom stereocenters. The van der Waals surface area contributed by atoms with Gasteiger partial charge in [-0.2, -0.15) is 0 Å². The monoisotopic (exact) mass is 205 g/mol. The van der Waals surface area contributed by atoms with E-state index in [4.69, 9.17) is 17.3 Å². The van der Waals surface area contributed by atoms with Crippen molar-refractivity contribution < 1.29 is 4.21 Å². The number of anilines is 1. The maximum atomic E-state index is 10.9. The molecule has 1 aromatic rings. The van der Waals surface area contributed by atoms with Crippen LogP contribution in [0.4, 0.5) is 5.82 Å². The molecule has 0 fully saturated rings. The maximum Gasteiger partial charge on any atom is 0.221 e. The Labute approximate surface area is 77.6 Å². The summed E-state index contributed by atoms with van der Waals surface area (Å²) in [6.45, 7) is 1.71. The second-order valence-corrected chi connectivity index (χ2v) is 3.89. The SMILES string of the molecule is Cc1c(N)nc(S(C)=O)nc1Cl. The molecule has 0 saturated carbocycles. The minimum atomic E-state index is -1.24. The Morgan fingerprint density at radius 3 is 2.50 bits per heavy atom. The number of nitrogens with two attached hydrogens (primary N) is 1. The van der Waals surface area contributed by atoms with Gasteiger partial charge in [-0.15, -0.1) is 0 Å². The summed E-state index contributed by atoms with van der Waals surface area (Å²) >= 11 is 5.70. The average molecular weight is 206 g/mol. The lowest BCUT2D eigenvalue weighted by molar-refractivity contribution is 0.679. The molecule has 1 heterocycles. The molecule has 0 aliphatic rings. The Morgan fingerprint density at radius 1 is 1.50 bits per heavy atom. The summed E-state index contributed by atoms with van der Waals surface area (Å²) in [4.78, 5) is 7.62. The highest BCUT2D eigenvalue weighted by atomic mass is 35.5. The summed E-state index contributed by atoms with van der Waals surface area (Å²) in [7, 11) is -1.24. The zero-order valence-electron chi connectivity index (χ0n) is 6.67. The van der Waals surface area contributed by atoms with Gasteiger partial charge < -0.3 is 5.73 Å². The average Bonchev–Trinajstić information content (AvgIpc) is 1.99. The lowest BCUT2D eigenvalue weighted by Crippen LogP contribution is -2.03. The van der Waals surface area contributed by atoms with Gasteiger partial charge in [0.1, 0.15) is 11.0 Å². The summed E-state index contributed by atoms with van der Waals surface area (Å²) in [5.74, 6) is 0.278. The Kier molecular flexibility index (Phi) is 2.64. The van der Waals surface area contributed by atoms with E-state index in [2.05, 4.69) is 9.97 Å². The second-order valence-electron chi connectivity index (χ2n) is 2.26. The molecular weight excluding hydrogens is 198 g/mol. The predicted molar refractivity (Wildman–Crippen MR) is 48.5 cm³/mol. The molecule has 0 spiro atoms. The van der Waals surface area contributed by atoms with Crippen LogP contribution in [0.15, 0.2) is 5.16 Å². The molecule has 0 aliphatic heterocycles. The molecule has 1 rings (SSSR count). The molecule has 4 nitrogen and oxygen atoms in total. The first-order valence-corrected chi connectivity index (χ1v) is 5.09. The van der Waals surface area contributed by atoms with Crippen LogP contribution in [0.1, 0.15) is 5.56 Å². The molecule has 1 aromatic heterocycles. The smallest absolute Gasteiger partial charge is 0.221 e. The van der Waals surface area contributed by atoms with E-state index in [0.717, 1.165) is 0 Å². The molecule has 66 valence electrons. The highest BCUT2D eigenvalue weighted by molar-refractivity contribution is 7.84. The minimum Gasteiger partial charge on any atom is -0.383 e. The zero-order chi connectivity index (χ0) is 9.30. The third-order valence-electron chi connectivity index (χ3n) is 1.36. The number of hydrogen-bond donors (Lipinski definition) is 1. The topological polar surface area (TPSA) is 68.9 Å². The van der Waals surface area contributed by atoms with E-state index in [0.29, 0.717) is 5.56 Å². The van der Waals surface area contributed by atoms with Gasteiger partial charge in [-0.05, 0) is 6.92 Å². The van der Waals surface area contributed by atoms with Gasteiger partial charge in [0.25, 0.3) is 0 Å². The van der Waals surface area contributed by atoms with Crippen molar-refractivity contribution in [3.8, 4) is 0 Å². The molecule has 0 bridgehead atoms. The summed E-state index contributed by atoms with van der Waals surface area (Å²) in [6, 6.07) is 0. The van der Waals surface area contributed by atoms with Gasteiger partial charge in [0.05, 0.1) is 10.8 Å². The van der Waals surface area contributed by atoms with Crippen LogP contribution in [-0.2, 0) is 10.8 Å². The van der Waals surface area contributed by atoms with Gasteiger partial charge in [-0.3, -0.25) is 4.21 Å². The number of nitrogen functional groups attached to an aromatic ring is 1. The molecule has 0 aliphatic carbocycles. The van der Waals surface area contributed by atoms with Crippen LogP contribution >= 0.6 is 11.6 Å². The lowest BCUT2D eigenvalue weighted by atomic mass is 10.4. The van der Waals surface area contributed by atoms with E-state index in [9.17, 15) is 4.21 Å². The van der Waals surface area contributed by atoms with Crippen LogP contribution in [0.3, 0.4) is 0 Å². The first-order chi connectivity index (χ1) is 5.52. The molecule has 0 amide bonds. The van der Waals surface area contributed by atoms with Crippen molar-refractivity contribution in [2.45, 2.75) is 12.1 Å². The van der Waals surface area contributed by atoms with Crippen molar-refractivity contribution in [2.75, 3.05) is 12.0 Å². The fourth-order valence-corrected chi connectivity index (χ4v) is 1.29. The molecule has 0 radical (unpaired) electrons. The molecular formula is C6H8ClN3OS. The summed E-state index contributed by atoms with van der Waals surface area (Å²) < 4.78 is 10.9. The van der Waals surface area contributed by atoms with Crippen LogP contribution < -0.4 is 5.73 Å². The van der Waals surface area contributed by atoms with Crippen molar-refractivity contribution in [3.05, 3.63) is 10.7 Å². The predicted octanol–water partition coefficient (Wildman–Crippen LogP) is 0.758. The number of nitrogens with zero attached hydrogens (tertiary/aromatic N) is 2. The highest BCUT2D eigenvalue weighted by Gasteiger charge is 2.08. The van der Waals surface area contributed by atoms with Gasteiger partial charge in [-0.1, -0.05) is 11.6 Å².